The van der Waals surface area contributed by atoms with E-state index >= 15 is 0 Å². The fourth-order valence-corrected chi connectivity index (χ4v) is 1.32. The number of nitriles is 1. The Morgan fingerprint density at radius 3 is 3.00 bits per heavy atom. The minimum atomic E-state index is -0.216. The molecule has 0 fully saturated rings. The highest BCUT2D eigenvalue weighted by atomic mass is 35.5. The fraction of sp³-hybridized carbons (Fsp3) is 0.273. The van der Waals surface area contributed by atoms with E-state index < -0.39 is 0 Å². The molecular weight excluding hydrogens is 212 g/mol. The van der Waals surface area contributed by atoms with Crippen molar-refractivity contribution in [2.24, 2.45) is 0 Å². The van der Waals surface area contributed by atoms with Crippen molar-refractivity contribution in [2.45, 2.75) is 13.0 Å². The lowest BCUT2D eigenvalue weighted by molar-refractivity contribution is -0.119. The van der Waals surface area contributed by atoms with Gasteiger partial charge in [0, 0.05) is 0 Å². The van der Waals surface area contributed by atoms with Gasteiger partial charge in [-0.3, -0.25) is 4.79 Å². The van der Waals surface area contributed by atoms with E-state index in [-0.39, 0.29) is 17.8 Å². The Hall–Kier alpha value is -1.53. The van der Waals surface area contributed by atoms with Crippen LogP contribution in [0.1, 0.15) is 24.1 Å². The van der Waals surface area contributed by atoms with Gasteiger partial charge in [0.25, 0.3) is 0 Å². The van der Waals surface area contributed by atoms with Gasteiger partial charge in [-0.2, -0.15) is 5.26 Å². The van der Waals surface area contributed by atoms with Gasteiger partial charge in [-0.05, 0) is 24.6 Å². The van der Waals surface area contributed by atoms with Crippen LogP contribution in [0.4, 0.5) is 0 Å². The first kappa shape index (κ1) is 11.5. The number of rotatable bonds is 3. The smallest absolute Gasteiger partial charge is 0.235 e. The molecule has 0 aliphatic rings. The molecule has 0 radical (unpaired) electrons. The van der Waals surface area contributed by atoms with Gasteiger partial charge in [0.1, 0.15) is 5.88 Å². The second-order valence-corrected chi connectivity index (χ2v) is 3.43. The zero-order chi connectivity index (χ0) is 11.3. The number of carbonyl (C=O) groups excluding carboxylic acids is 1. The number of halogens is 1. The van der Waals surface area contributed by atoms with E-state index in [4.69, 9.17) is 16.9 Å². The van der Waals surface area contributed by atoms with Crippen molar-refractivity contribution in [2.75, 3.05) is 5.88 Å². The molecule has 1 aromatic rings. The molecule has 15 heavy (non-hydrogen) atoms. The predicted octanol–water partition coefficient (Wildman–Crippen LogP) is 1.97. The Morgan fingerprint density at radius 2 is 2.40 bits per heavy atom. The van der Waals surface area contributed by atoms with Crippen LogP contribution in [0.15, 0.2) is 24.3 Å². The van der Waals surface area contributed by atoms with Crippen LogP contribution >= 0.6 is 11.6 Å². The fourth-order valence-electron chi connectivity index (χ4n) is 1.24. The van der Waals surface area contributed by atoms with Crippen molar-refractivity contribution < 1.29 is 4.79 Å². The highest BCUT2D eigenvalue weighted by Crippen LogP contribution is 2.13. The average Bonchev–Trinajstić information content (AvgIpc) is 2.28. The Labute approximate surface area is 93.7 Å². The number of nitrogens with zero attached hydrogens (tertiary/aromatic N) is 1. The normalized spacial score (nSPS) is 11.5. The van der Waals surface area contributed by atoms with E-state index in [1.54, 1.807) is 18.2 Å². The van der Waals surface area contributed by atoms with E-state index in [9.17, 15) is 4.79 Å². The largest absolute Gasteiger partial charge is 0.349 e. The van der Waals surface area contributed by atoms with Crippen LogP contribution in [0, 0.1) is 11.3 Å². The van der Waals surface area contributed by atoms with Crippen molar-refractivity contribution in [3.63, 3.8) is 0 Å². The molecule has 0 unspecified atom stereocenters. The molecule has 0 bridgehead atoms. The van der Waals surface area contributed by atoms with Crippen LogP contribution in [0.3, 0.4) is 0 Å². The van der Waals surface area contributed by atoms with E-state index in [0.717, 1.165) is 5.56 Å². The maximum atomic E-state index is 11.0. The Morgan fingerprint density at radius 1 is 1.67 bits per heavy atom. The number of hydrogen-bond donors (Lipinski definition) is 1. The summed E-state index contributed by atoms with van der Waals surface area (Å²) in [5.74, 6) is -0.269. The van der Waals surface area contributed by atoms with Crippen molar-refractivity contribution >= 4 is 17.5 Å². The highest BCUT2D eigenvalue weighted by Gasteiger charge is 2.08. The summed E-state index contributed by atoms with van der Waals surface area (Å²) in [4.78, 5) is 11.0. The molecule has 1 amide bonds. The molecule has 0 spiro atoms. The minimum absolute atomic E-state index is 0.0533. The monoisotopic (exact) mass is 222 g/mol. The van der Waals surface area contributed by atoms with Gasteiger partial charge in [0.15, 0.2) is 0 Å². The first-order chi connectivity index (χ1) is 7.17. The first-order valence-electron chi connectivity index (χ1n) is 4.52. The molecule has 1 rings (SSSR count). The molecular formula is C11H11ClN2O. The van der Waals surface area contributed by atoms with Crippen LogP contribution < -0.4 is 5.32 Å². The molecule has 0 saturated heterocycles. The number of amides is 1. The minimum Gasteiger partial charge on any atom is -0.349 e. The molecule has 0 aliphatic carbocycles. The zero-order valence-electron chi connectivity index (χ0n) is 8.33. The van der Waals surface area contributed by atoms with E-state index in [1.807, 2.05) is 13.0 Å². The van der Waals surface area contributed by atoms with Crippen molar-refractivity contribution in [1.82, 2.24) is 5.32 Å². The third kappa shape index (κ3) is 3.26. The lowest BCUT2D eigenvalue weighted by atomic mass is 10.1. The number of alkyl halides is 1. The molecule has 0 saturated carbocycles. The molecule has 1 atom stereocenters. The van der Waals surface area contributed by atoms with Crippen molar-refractivity contribution in [3.05, 3.63) is 35.4 Å². The molecule has 0 heterocycles. The summed E-state index contributed by atoms with van der Waals surface area (Å²) in [6.45, 7) is 1.85. The van der Waals surface area contributed by atoms with Gasteiger partial charge in [-0.25, -0.2) is 0 Å². The highest BCUT2D eigenvalue weighted by molar-refractivity contribution is 6.27. The SMILES string of the molecule is C[C@@H](NC(=O)CCl)c1cccc(C#N)c1. The van der Waals surface area contributed by atoms with Crippen LogP contribution in [-0.4, -0.2) is 11.8 Å². The van der Waals surface area contributed by atoms with E-state index in [0.29, 0.717) is 5.56 Å². The molecule has 78 valence electrons. The van der Waals surface area contributed by atoms with Gasteiger partial charge in [-0.1, -0.05) is 12.1 Å². The lowest BCUT2D eigenvalue weighted by Crippen LogP contribution is -2.27. The van der Waals surface area contributed by atoms with Crippen LogP contribution in [0.5, 0.6) is 0 Å². The summed E-state index contributed by atoms with van der Waals surface area (Å²) in [7, 11) is 0. The van der Waals surface area contributed by atoms with Crippen molar-refractivity contribution in [3.8, 4) is 6.07 Å². The number of benzene rings is 1. The standard InChI is InChI=1S/C11H11ClN2O/c1-8(14-11(15)6-12)10-4-2-3-9(5-10)7-13/h2-5,8H,6H2,1H3,(H,14,15)/t8-/m1/s1. The third-order valence-corrected chi connectivity index (χ3v) is 2.26. The van der Waals surface area contributed by atoms with Gasteiger partial charge in [0.2, 0.25) is 5.91 Å². The van der Waals surface area contributed by atoms with Gasteiger partial charge in [-0.15, -0.1) is 11.6 Å². The average molecular weight is 223 g/mol. The topological polar surface area (TPSA) is 52.9 Å². The van der Waals surface area contributed by atoms with Crippen LogP contribution in [0.25, 0.3) is 0 Å². The van der Waals surface area contributed by atoms with Gasteiger partial charge >= 0.3 is 0 Å². The summed E-state index contributed by atoms with van der Waals surface area (Å²) in [5, 5.41) is 11.4. The van der Waals surface area contributed by atoms with Crippen LogP contribution in [0.2, 0.25) is 0 Å². The molecule has 0 aromatic heterocycles. The second kappa shape index (κ2) is 5.38. The first-order valence-corrected chi connectivity index (χ1v) is 5.06. The third-order valence-electron chi connectivity index (χ3n) is 2.01. The predicted molar refractivity (Wildman–Crippen MR) is 58.4 cm³/mol. The molecule has 1 aromatic carbocycles. The van der Waals surface area contributed by atoms with Crippen molar-refractivity contribution in [1.29, 1.82) is 5.26 Å². The second-order valence-electron chi connectivity index (χ2n) is 3.16. The lowest BCUT2D eigenvalue weighted by Gasteiger charge is -2.13. The van der Waals surface area contributed by atoms with Crippen LogP contribution in [-0.2, 0) is 4.79 Å². The molecule has 3 nitrogen and oxygen atoms in total. The maximum Gasteiger partial charge on any atom is 0.235 e. The van der Waals surface area contributed by atoms with E-state index in [1.165, 1.54) is 0 Å². The zero-order valence-corrected chi connectivity index (χ0v) is 9.08. The maximum absolute atomic E-state index is 11.0. The number of nitrogens with one attached hydrogen (secondary N) is 1. The molecule has 4 heteroatoms. The summed E-state index contributed by atoms with van der Waals surface area (Å²) in [6.07, 6.45) is 0. The van der Waals surface area contributed by atoms with Gasteiger partial charge in [0.05, 0.1) is 17.7 Å². The molecule has 1 N–H and O–H groups in total. The van der Waals surface area contributed by atoms with Gasteiger partial charge < -0.3 is 5.32 Å². The number of carbonyl (C=O) groups is 1. The quantitative estimate of drug-likeness (QED) is 0.795. The molecule has 0 aliphatic heterocycles. The summed E-state index contributed by atoms with van der Waals surface area (Å²) < 4.78 is 0. The summed E-state index contributed by atoms with van der Waals surface area (Å²) in [6, 6.07) is 9.04. The number of hydrogen-bond acceptors (Lipinski definition) is 2. The Balaban J connectivity index is 2.78. The summed E-state index contributed by atoms with van der Waals surface area (Å²) >= 11 is 5.38. The van der Waals surface area contributed by atoms with E-state index in [2.05, 4.69) is 11.4 Å². The Bertz CT molecular complexity index is 398. The summed E-state index contributed by atoms with van der Waals surface area (Å²) in [5.41, 5.74) is 1.48. The Kier molecular flexibility index (Phi) is 4.14.